The van der Waals surface area contributed by atoms with E-state index in [1.54, 1.807) is 19.0 Å². The Morgan fingerprint density at radius 3 is 2.75 bits per heavy atom. The van der Waals surface area contributed by atoms with Crippen molar-refractivity contribution < 1.29 is 9.53 Å². The first-order chi connectivity index (χ1) is 9.45. The molecule has 112 valence electrons. The summed E-state index contributed by atoms with van der Waals surface area (Å²) in [4.78, 5) is 13.1. The minimum absolute atomic E-state index is 0.133. The Kier molecular flexibility index (Phi) is 7.02. The predicted octanol–water partition coefficient (Wildman–Crippen LogP) is 2.98. The van der Waals surface area contributed by atoms with Crippen LogP contribution in [0.5, 0.6) is 5.75 Å². The lowest BCUT2D eigenvalue weighted by Crippen LogP contribution is -2.21. The minimum Gasteiger partial charge on any atom is -0.493 e. The second kappa shape index (κ2) is 8.27. The number of hydrogen-bond donors (Lipinski definition) is 1. The number of nitrogens with one attached hydrogen (secondary N) is 1. The largest absolute Gasteiger partial charge is 0.493 e. The van der Waals surface area contributed by atoms with Crippen molar-refractivity contribution in [2.24, 2.45) is 0 Å². The van der Waals surface area contributed by atoms with E-state index in [2.05, 4.69) is 34.2 Å². The van der Waals surface area contributed by atoms with Crippen molar-refractivity contribution in [2.75, 3.05) is 27.7 Å². The first kappa shape index (κ1) is 17.0. The number of amides is 1. The molecule has 0 aliphatic rings. The number of ether oxygens (including phenoxy) is 1. The predicted molar refractivity (Wildman–Crippen MR) is 85.0 cm³/mol. The Balaban J connectivity index is 2.57. The molecule has 0 bridgehead atoms. The zero-order valence-electron chi connectivity index (χ0n) is 12.6. The van der Waals surface area contributed by atoms with Gasteiger partial charge < -0.3 is 15.0 Å². The van der Waals surface area contributed by atoms with E-state index in [0.717, 1.165) is 22.2 Å². The molecule has 1 rings (SSSR count). The Morgan fingerprint density at radius 1 is 1.45 bits per heavy atom. The highest BCUT2D eigenvalue weighted by Crippen LogP contribution is 2.28. The first-order valence-corrected chi connectivity index (χ1v) is 7.54. The molecule has 0 aliphatic heterocycles. The van der Waals surface area contributed by atoms with Crippen LogP contribution in [0.2, 0.25) is 0 Å². The highest BCUT2D eigenvalue weighted by atomic mass is 79.9. The molecule has 0 saturated carbocycles. The number of benzene rings is 1. The van der Waals surface area contributed by atoms with Crippen molar-refractivity contribution in [3.8, 4) is 5.75 Å². The molecule has 0 aliphatic carbocycles. The molecule has 5 heteroatoms. The van der Waals surface area contributed by atoms with Crippen LogP contribution in [0.25, 0.3) is 0 Å². The summed E-state index contributed by atoms with van der Waals surface area (Å²) in [5, 5.41) is 3.21. The molecule has 1 atom stereocenters. The smallest absolute Gasteiger partial charge is 0.222 e. The second-order valence-electron chi connectivity index (χ2n) is 4.93. The van der Waals surface area contributed by atoms with E-state index in [0.29, 0.717) is 13.0 Å². The number of nitrogens with zero attached hydrogens (tertiary/aromatic N) is 1. The van der Waals surface area contributed by atoms with Gasteiger partial charge in [0.05, 0.1) is 6.61 Å². The molecule has 1 amide bonds. The van der Waals surface area contributed by atoms with Crippen LogP contribution in [0, 0.1) is 0 Å². The van der Waals surface area contributed by atoms with Gasteiger partial charge in [-0.15, -0.1) is 0 Å². The zero-order chi connectivity index (χ0) is 15.1. The third kappa shape index (κ3) is 5.13. The molecule has 0 aromatic heterocycles. The average molecular weight is 343 g/mol. The van der Waals surface area contributed by atoms with E-state index in [-0.39, 0.29) is 11.9 Å². The highest BCUT2D eigenvalue weighted by Gasteiger charge is 2.11. The van der Waals surface area contributed by atoms with Crippen molar-refractivity contribution in [2.45, 2.75) is 25.8 Å². The summed E-state index contributed by atoms with van der Waals surface area (Å²) in [5.41, 5.74) is 1.11. The number of halogens is 1. The Morgan fingerprint density at radius 2 is 2.15 bits per heavy atom. The number of hydrogen-bond acceptors (Lipinski definition) is 3. The fraction of sp³-hybridized carbons (Fsp3) is 0.533. The summed E-state index contributed by atoms with van der Waals surface area (Å²) in [5.74, 6) is 1.00. The summed E-state index contributed by atoms with van der Waals surface area (Å²) in [6.45, 7) is 2.63. The SMILES string of the molecule is CNC(C)c1cc(Br)ccc1OCCCC(=O)N(C)C. The van der Waals surface area contributed by atoms with Crippen molar-refractivity contribution in [3.05, 3.63) is 28.2 Å². The van der Waals surface area contributed by atoms with Gasteiger partial charge in [0.2, 0.25) is 5.91 Å². The van der Waals surface area contributed by atoms with E-state index in [4.69, 9.17) is 4.74 Å². The third-order valence-corrected chi connectivity index (χ3v) is 3.66. The van der Waals surface area contributed by atoms with Gasteiger partial charge in [-0.2, -0.15) is 0 Å². The van der Waals surface area contributed by atoms with Gasteiger partial charge in [-0.1, -0.05) is 15.9 Å². The molecule has 0 spiro atoms. The first-order valence-electron chi connectivity index (χ1n) is 6.75. The van der Waals surface area contributed by atoms with Crippen LogP contribution in [0.4, 0.5) is 0 Å². The fourth-order valence-corrected chi connectivity index (χ4v) is 2.15. The van der Waals surface area contributed by atoms with Crippen LogP contribution in [0.1, 0.15) is 31.4 Å². The van der Waals surface area contributed by atoms with Crippen LogP contribution in [0.3, 0.4) is 0 Å². The van der Waals surface area contributed by atoms with Gasteiger partial charge in [0, 0.05) is 36.6 Å². The molecule has 1 N–H and O–H groups in total. The van der Waals surface area contributed by atoms with E-state index < -0.39 is 0 Å². The highest BCUT2D eigenvalue weighted by molar-refractivity contribution is 9.10. The molecule has 1 aromatic rings. The molecule has 0 radical (unpaired) electrons. The lowest BCUT2D eigenvalue weighted by Gasteiger charge is -2.17. The maximum Gasteiger partial charge on any atom is 0.222 e. The van der Waals surface area contributed by atoms with Crippen molar-refractivity contribution >= 4 is 21.8 Å². The summed E-state index contributed by atoms with van der Waals surface area (Å²) in [6, 6.07) is 6.19. The fourth-order valence-electron chi connectivity index (χ4n) is 1.77. The maximum atomic E-state index is 11.5. The molecule has 0 fully saturated rings. The number of rotatable bonds is 7. The van der Waals surface area contributed by atoms with Gasteiger partial charge in [0.25, 0.3) is 0 Å². The van der Waals surface area contributed by atoms with Gasteiger partial charge in [-0.05, 0) is 38.6 Å². The normalized spacial score (nSPS) is 12.1. The Hall–Kier alpha value is -1.07. The molecule has 20 heavy (non-hydrogen) atoms. The van der Waals surface area contributed by atoms with E-state index in [9.17, 15) is 4.79 Å². The third-order valence-electron chi connectivity index (χ3n) is 3.16. The van der Waals surface area contributed by atoms with Crippen LogP contribution >= 0.6 is 15.9 Å². The van der Waals surface area contributed by atoms with E-state index in [1.807, 2.05) is 19.2 Å². The van der Waals surface area contributed by atoms with Crippen molar-refractivity contribution in [1.29, 1.82) is 0 Å². The van der Waals surface area contributed by atoms with Crippen molar-refractivity contribution in [3.63, 3.8) is 0 Å². The Bertz CT molecular complexity index is 449. The average Bonchev–Trinajstić information content (AvgIpc) is 2.43. The maximum absolute atomic E-state index is 11.5. The van der Waals surface area contributed by atoms with Gasteiger partial charge in [-0.3, -0.25) is 4.79 Å². The number of carbonyl (C=O) groups excluding carboxylic acids is 1. The van der Waals surface area contributed by atoms with E-state index in [1.165, 1.54) is 0 Å². The van der Waals surface area contributed by atoms with Crippen molar-refractivity contribution in [1.82, 2.24) is 10.2 Å². The minimum atomic E-state index is 0.133. The molecular formula is C15H23BrN2O2. The molecule has 0 heterocycles. The van der Waals surface area contributed by atoms with Gasteiger partial charge in [0.1, 0.15) is 5.75 Å². The molecule has 0 saturated heterocycles. The van der Waals surface area contributed by atoms with Gasteiger partial charge in [-0.25, -0.2) is 0 Å². The lowest BCUT2D eigenvalue weighted by molar-refractivity contribution is -0.128. The summed E-state index contributed by atoms with van der Waals surface area (Å²) < 4.78 is 6.85. The van der Waals surface area contributed by atoms with Crippen LogP contribution < -0.4 is 10.1 Å². The quantitative estimate of drug-likeness (QED) is 0.774. The topological polar surface area (TPSA) is 41.6 Å². The van der Waals surface area contributed by atoms with Gasteiger partial charge >= 0.3 is 0 Å². The molecule has 1 unspecified atom stereocenters. The van der Waals surface area contributed by atoms with Gasteiger partial charge in [0.15, 0.2) is 0 Å². The lowest BCUT2D eigenvalue weighted by atomic mass is 10.1. The second-order valence-corrected chi connectivity index (χ2v) is 5.85. The monoisotopic (exact) mass is 342 g/mol. The van der Waals surface area contributed by atoms with Crippen LogP contribution in [0.15, 0.2) is 22.7 Å². The summed E-state index contributed by atoms with van der Waals surface area (Å²) in [7, 11) is 5.46. The Labute approximate surface area is 129 Å². The molecule has 4 nitrogen and oxygen atoms in total. The zero-order valence-corrected chi connectivity index (χ0v) is 14.2. The van der Waals surface area contributed by atoms with Crippen LogP contribution in [-0.2, 0) is 4.79 Å². The molecular weight excluding hydrogens is 320 g/mol. The standard InChI is InChI=1S/C15H23BrN2O2/c1-11(17-2)13-10-12(16)7-8-14(13)20-9-5-6-15(19)18(3)4/h7-8,10-11,17H,5-6,9H2,1-4H3. The summed E-state index contributed by atoms with van der Waals surface area (Å²) in [6.07, 6.45) is 1.24. The van der Waals surface area contributed by atoms with E-state index >= 15 is 0 Å². The number of carbonyl (C=O) groups is 1. The molecule has 1 aromatic carbocycles. The van der Waals surface area contributed by atoms with Crippen LogP contribution in [-0.4, -0.2) is 38.6 Å². The summed E-state index contributed by atoms with van der Waals surface area (Å²) >= 11 is 3.48.